The van der Waals surface area contributed by atoms with E-state index in [0.717, 1.165) is 58.7 Å². The number of hydrogen-bond acceptors (Lipinski definition) is 4. The number of nitrogens with one attached hydrogen (secondary N) is 1. The van der Waals surface area contributed by atoms with Gasteiger partial charge in [-0.2, -0.15) is 0 Å². The molecule has 1 saturated heterocycles. The smallest absolute Gasteiger partial charge is 0.220 e. The molecule has 1 heterocycles. The van der Waals surface area contributed by atoms with Crippen LogP contribution in [-0.2, 0) is 4.79 Å². The zero-order valence-electron chi connectivity index (χ0n) is 12.8. The van der Waals surface area contributed by atoms with Crippen molar-refractivity contribution in [1.29, 1.82) is 0 Å². The second-order valence-electron chi connectivity index (χ2n) is 6.18. The second kappa shape index (κ2) is 7.96. The first-order chi connectivity index (χ1) is 9.69. The SMILES string of the molecule is CCN1CCN(CCNC(=O)C[C@@H]2CCC[C@H]2N)CC1. The highest BCUT2D eigenvalue weighted by Gasteiger charge is 2.25. The molecule has 116 valence electrons. The third-order valence-electron chi connectivity index (χ3n) is 4.83. The Morgan fingerprint density at radius 3 is 2.50 bits per heavy atom. The second-order valence-corrected chi connectivity index (χ2v) is 6.18. The molecule has 3 N–H and O–H groups in total. The van der Waals surface area contributed by atoms with E-state index in [1.165, 1.54) is 6.42 Å². The molecular formula is C15H30N4O. The predicted octanol–water partition coefficient (Wildman–Crippen LogP) is 0.258. The Hall–Kier alpha value is -0.650. The normalized spacial score (nSPS) is 28.7. The number of carbonyl (C=O) groups is 1. The Kier molecular flexibility index (Phi) is 6.26. The van der Waals surface area contributed by atoms with Gasteiger partial charge in [-0.15, -0.1) is 0 Å². The van der Waals surface area contributed by atoms with Crippen molar-refractivity contribution >= 4 is 5.91 Å². The number of nitrogens with two attached hydrogens (primary N) is 1. The molecule has 1 amide bonds. The fourth-order valence-corrected chi connectivity index (χ4v) is 3.31. The molecule has 5 nitrogen and oxygen atoms in total. The van der Waals surface area contributed by atoms with Gasteiger partial charge in [-0.05, 0) is 25.3 Å². The summed E-state index contributed by atoms with van der Waals surface area (Å²) in [5.74, 6) is 0.586. The molecule has 2 atom stereocenters. The van der Waals surface area contributed by atoms with Crippen LogP contribution in [0, 0.1) is 5.92 Å². The van der Waals surface area contributed by atoms with Gasteiger partial charge < -0.3 is 16.0 Å². The van der Waals surface area contributed by atoms with Gasteiger partial charge in [0, 0.05) is 51.7 Å². The van der Waals surface area contributed by atoms with Crippen LogP contribution in [0.25, 0.3) is 0 Å². The van der Waals surface area contributed by atoms with Crippen LogP contribution in [0.15, 0.2) is 0 Å². The molecule has 0 aromatic rings. The van der Waals surface area contributed by atoms with Gasteiger partial charge in [0.15, 0.2) is 0 Å². The molecule has 20 heavy (non-hydrogen) atoms. The van der Waals surface area contributed by atoms with E-state index in [4.69, 9.17) is 5.73 Å². The first-order valence-corrected chi connectivity index (χ1v) is 8.16. The maximum atomic E-state index is 11.9. The fourth-order valence-electron chi connectivity index (χ4n) is 3.31. The van der Waals surface area contributed by atoms with E-state index in [1.807, 2.05) is 0 Å². The van der Waals surface area contributed by atoms with Crippen molar-refractivity contribution in [2.45, 2.75) is 38.6 Å². The van der Waals surface area contributed by atoms with Crippen LogP contribution in [0.2, 0.25) is 0 Å². The summed E-state index contributed by atoms with van der Waals surface area (Å²) in [7, 11) is 0. The monoisotopic (exact) mass is 282 g/mol. The van der Waals surface area contributed by atoms with Gasteiger partial charge in [0.2, 0.25) is 5.91 Å². The lowest BCUT2D eigenvalue weighted by Gasteiger charge is -2.33. The van der Waals surface area contributed by atoms with Crippen LogP contribution >= 0.6 is 0 Å². The Labute approximate surface area is 122 Å². The lowest BCUT2D eigenvalue weighted by Crippen LogP contribution is -2.48. The van der Waals surface area contributed by atoms with Crippen molar-refractivity contribution in [1.82, 2.24) is 15.1 Å². The lowest BCUT2D eigenvalue weighted by atomic mass is 10.00. The quantitative estimate of drug-likeness (QED) is 0.733. The van der Waals surface area contributed by atoms with Gasteiger partial charge in [0.1, 0.15) is 0 Å². The van der Waals surface area contributed by atoms with E-state index < -0.39 is 0 Å². The maximum Gasteiger partial charge on any atom is 0.220 e. The standard InChI is InChI=1S/C15H30N4O/c1-2-18-8-10-19(11-9-18)7-6-17-15(20)12-13-4-3-5-14(13)16/h13-14H,2-12,16H2,1H3,(H,17,20)/t13-,14+/m0/s1. The van der Waals surface area contributed by atoms with Crippen LogP contribution in [-0.4, -0.2) is 67.6 Å². The van der Waals surface area contributed by atoms with E-state index >= 15 is 0 Å². The van der Waals surface area contributed by atoms with Gasteiger partial charge in [-0.1, -0.05) is 13.3 Å². The van der Waals surface area contributed by atoms with E-state index in [2.05, 4.69) is 22.0 Å². The van der Waals surface area contributed by atoms with Gasteiger partial charge in [-0.3, -0.25) is 9.69 Å². The average Bonchev–Trinajstić information content (AvgIpc) is 2.85. The van der Waals surface area contributed by atoms with Gasteiger partial charge >= 0.3 is 0 Å². The Balaban J connectivity index is 1.55. The van der Waals surface area contributed by atoms with Gasteiger partial charge in [0.05, 0.1) is 0 Å². The molecule has 1 aliphatic heterocycles. The number of piperazine rings is 1. The molecule has 0 spiro atoms. The van der Waals surface area contributed by atoms with Crippen molar-refractivity contribution in [2.75, 3.05) is 45.8 Å². The molecule has 1 saturated carbocycles. The highest BCUT2D eigenvalue weighted by molar-refractivity contribution is 5.76. The van der Waals surface area contributed by atoms with Crippen molar-refractivity contribution in [2.24, 2.45) is 11.7 Å². The highest BCUT2D eigenvalue weighted by Crippen LogP contribution is 2.26. The van der Waals surface area contributed by atoms with E-state index in [0.29, 0.717) is 12.3 Å². The van der Waals surface area contributed by atoms with Crippen molar-refractivity contribution in [3.63, 3.8) is 0 Å². The molecule has 2 fully saturated rings. The van der Waals surface area contributed by atoms with Crippen molar-refractivity contribution < 1.29 is 4.79 Å². The summed E-state index contributed by atoms with van der Waals surface area (Å²) >= 11 is 0. The Morgan fingerprint density at radius 1 is 1.20 bits per heavy atom. The van der Waals surface area contributed by atoms with Crippen LogP contribution in [0.3, 0.4) is 0 Å². The Bertz CT molecular complexity index is 302. The van der Waals surface area contributed by atoms with Crippen molar-refractivity contribution in [3.05, 3.63) is 0 Å². The van der Waals surface area contributed by atoms with Crippen LogP contribution in [0.5, 0.6) is 0 Å². The summed E-state index contributed by atoms with van der Waals surface area (Å²) in [6.07, 6.45) is 4.00. The average molecular weight is 282 g/mol. The maximum absolute atomic E-state index is 11.9. The number of hydrogen-bond donors (Lipinski definition) is 2. The zero-order valence-corrected chi connectivity index (χ0v) is 12.8. The fraction of sp³-hybridized carbons (Fsp3) is 0.933. The largest absolute Gasteiger partial charge is 0.355 e. The van der Waals surface area contributed by atoms with Crippen LogP contribution in [0.4, 0.5) is 0 Å². The first kappa shape index (κ1) is 15.7. The van der Waals surface area contributed by atoms with E-state index in [-0.39, 0.29) is 11.9 Å². The van der Waals surface area contributed by atoms with Crippen LogP contribution in [0.1, 0.15) is 32.6 Å². The number of nitrogens with zero attached hydrogens (tertiary/aromatic N) is 2. The number of rotatable bonds is 6. The summed E-state index contributed by atoms with van der Waals surface area (Å²) in [6, 6.07) is 0.239. The molecular weight excluding hydrogens is 252 g/mol. The topological polar surface area (TPSA) is 61.6 Å². The summed E-state index contributed by atoms with van der Waals surface area (Å²) in [6.45, 7) is 9.65. The molecule has 2 aliphatic rings. The zero-order chi connectivity index (χ0) is 14.4. The van der Waals surface area contributed by atoms with Crippen molar-refractivity contribution in [3.8, 4) is 0 Å². The lowest BCUT2D eigenvalue weighted by molar-refractivity contribution is -0.122. The highest BCUT2D eigenvalue weighted by atomic mass is 16.1. The van der Waals surface area contributed by atoms with Gasteiger partial charge in [0.25, 0.3) is 0 Å². The minimum Gasteiger partial charge on any atom is -0.355 e. The van der Waals surface area contributed by atoms with E-state index in [9.17, 15) is 4.79 Å². The summed E-state index contributed by atoms with van der Waals surface area (Å²) in [5.41, 5.74) is 6.01. The van der Waals surface area contributed by atoms with Crippen LogP contribution < -0.4 is 11.1 Å². The molecule has 0 radical (unpaired) electrons. The third-order valence-corrected chi connectivity index (χ3v) is 4.83. The van der Waals surface area contributed by atoms with E-state index in [1.54, 1.807) is 0 Å². The minimum absolute atomic E-state index is 0.180. The number of amides is 1. The number of likely N-dealkylation sites (N-methyl/N-ethyl adjacent to an activating group) is 1. The molecule has 0 aromatic heterocycles. The summed E-state index contributed by atoms with van der Waals surface area (Å²) < 4.78 is 0. The molecule has 1 aliphatic carbocycles. The summed E-state index contributed by atoms with van der Waals surface area (Å²) in [5, 5.41) is 3.05. The van der Waals surface area contributed by atoms with Gasteiger partial charge in [-0.25, -0.2) is 0 Å². The molecule has 5 heteroatoms. The molecule has 0 aromatic carbocycles. The predicted molar refractivity (Wildman–Crippen MR) is 81.5 cm³/mol. The summed E-state index contributed by atoms with van der Waals surface area (Å²) in [4.78, 5) is 16.8. The number of carbonyl (C=O) groups excluding carboxylic acids is 1. The molecule has 0 unspecified atom stereocenters. The first-order valence-electron chi connectivity index (χ1n) is 8.16. The molecule has 0 bridgehead atoms. The minimum atomic E-state index is 0.180. The molecule has 2 rings (SSSR count). The third kappa shape index (κ3) is 4.72. The Morgan fingerprint density at radius 2 is 1.90 bits per heavy atom.